The van der Waals surface area contributed by atoms with Gasteiger partial charge in [0, 0.05) is 39.3 Å². The van der Waals surface area contributed by atoms with E-state index >= 15 is 0 Å². The smallest absolute Gasteiger partial charge is 0.0701 e. The van der Waals surface area contributed by atoms with E-state index in [2.05, 4.69) is 23.0 Å². The van der Waals surface area contributed by atoms with E-state index in [-0.39, 0.29) is 0 Å². The van der Waals surface area contributed by atoms with Gasteiger partial charge in [-0.1, -0.05) is 13.2 Å². The van der Waals surface area contributed by atoms with Gasteiger partial charge in [0.15, 0.2) is 0 Å². The fraction of sp³-hybridized carbons (Fsp3) is 0.833. The third-order valence-electron chi connectivity index (χ3n) is 5.28. The number of ether oxygens (including phenoxy) is 7. The fourth-order valence-electron chi connectivity index (χ4n) is 3.32. The van der Waals surface area contributed by atoms with E-state index in [4.69, 9.17) is 33.2 Å². The van der Waals surface area contributed by atoms with E-state index in [1.54, 1.807) is 0 Å². The number of hydrogen-bond acceptors (Lipinski definition) is 9. The highest BCUT2D eigenvalue weighted by Gasteiger charge is 2.09. The minimum Gasteiger partial charge on any atom is -0.378 e. The molecule has 0 aliphatic carbocycles. The van der Waals surface area contributed by atoms with Gasteiger partial charge in [-0.25, -0.2) is 0 Å². The van der Waals surface area contributed by atoms with Crippen molar-refractivity contribution in [2.24, 2.45) is 0 Å². The van der Waals surface area contributed by atoms with Crippen molar-refractivity contribution in [1.29, 1.82) is 0 Å². The molecule has 0 aromatic rings. The molecule has 9 nitrogen and oxygen atoms in total. The van der Waals surface area contributed by atoms with Crippen molar-refractivity contribution in [1.82, 2.24) is 9.80 Å². The summed E-state index contributed by atoms with van der Waals surface area (Å²) in [6.07, 6.45) is 0. The lowest BCUT2D eigenvalue weighted by Crippen LogP contribution is -2.35. The minimum absolute atomic E-state index is 0.503. The van der Waals surface area contributed by atoms with Crippen LogP contribution in [0.2, 0.25) is 0 Å². The van der Waals surface area contributed by atoms with Crippen LogP contribution < -0.4 is 0 Å². The second-order valence-corrected chi connectivity index (χ2v) is 8.23. The van der Waals surface area contributed by atoms with Crippen LogP contribution in [0.15, 0.2) is 24.3 Å². The summed E-state index contributed by atoms with van der Waals surface area (Å²) in [5, 5.41) is 0. The molecule has 3 aliphatic heterocycles. The molecule has 2 bridgehead atoms. The lowest BCUT2D eigenvalue weighted by atomic mass is 10.3. The van der Waals surface area contributed by atoms with Gasteiger partial charge in [-0.05, 0) is 11.1 Å². The van der Waals surface area contributed by atoms with Gasteiger partial charge >= 0.3 is 0 Å². The fourth-order valence-corrected chi connectivity index (χ4v) is 3.32. The third kappa shape index (κ3) is 15.6. The van der Waals surface area contributed by atoms with Gasteiger partial charge in [-0.3, -0.25) is 9.80 Å². The van der Waals surface area contributed by atoms with Gasteiger partial charge in [0.1, 0.15) is 0 Å². The summed E-state index contributed by atoms with van der Waals surface area (Å²) >= 11 is 0. The Morgan fingerprint density at radius 1 is 0.364 bits per heavy atom. The molecule has 3 aliphatic rings. The molecule has 0 unspecified atom stereocenters. The zero-order chi connectivity index (χ0) is 23.4. The summed E-state index contributed by atoms with van der Waals surface area (Å²) in [4.78, 5) is 4.57. The molecule has 0 atom stereocenters. The quantitative estimate of drug-likeness (QED) is 0.377. The highest BCUT2D eigenvalue weighted by molar-refractivity contribution is 4.95. The largest absolute Gasteiger partial charge is 0.378 e. The average molecular weight is 473 g/mol. The molecule has 0 saturated carbocycles. The minimum atomic E-state index is 0.503. The maximum Gasteiger partial charge on any atom is 0.0701 e. The van der Waals surface area contributed by atoms with E-state index in [1.165, 1.54) is 0 Å². The van der Waals surface area contributed by atoms with Crippen molar-refractivity contribution in [3.8, 4) is 0 Å². The van der Waals surface area contributed by atoms with Crippen molar-refractivity contribution in [3.05, 3.63) is 24.3 Å². The van der Waals surface area contributed by atoms with E-state index in [1.807, 2.05) is 0 Å². The van der Waals surface area contributed by atoms with Crippen LogP contribution in [0.4, 0.5) is 0 Å². The van der Waals surface area contributed by atoms with Crippen molar-refractivity contribution < 1.29 is 33.2 Å². The summed E-state index contributed by atoms with van der Waals surface area (Å²) in [6, 6.07) is 0. The maximum absolute atomic E-state index is 5.82. The first kappa shape index (κ1) is 28.4. The molecular weight excluding hydrogens is 428 g/mol. The summed E-state index contributed by atoms with van der Waals surface area (Å²) in [6.45, 7) is 21.0. The molecule has 192 valence electrons. The Kier molecular flexibility index (Phi) is 16.7. The lowest BCUT2D eigenvalue weighted by Gasteiger charge is -2.24. The number of hydrogen-bond donors (Lipinski definition) is 0. The van der Waals surface area contributed by atoms with Crippen molar-refractivity contribution >= 4 is 0 Å². The summed E-state index contributed by atoms with van der Waals surface area (Å²) < 4.78 is 40.4. The van der Waals surface area contributed by atoms with Crippen molar-refractivity contribution in [3.63, 3.8) is 0 Å². The Bertz CT molecular complexity index is 449. The normalized spacial score (nSPS) is 28.5. The molecule has 0 spiro atoms. The molecule has 9 heteroatoms. The molecule has 3 saturated heterocycles. The molecule has 0 radical (unpaired) electrons. The van der Waals surface area contributed by atoms with Gasteiger partial charge in [0.25, 0.3) is 0 Å². The van der Waals surface area contributed by atoms with Crippen LogP contribution in [0.25, 0.3) is 0 Å². The standard InChI is InChI=1S/C24H44N2O7/c1-23-19-30-11-5-25-3-9-27-15-17-29-18-16-28-10-4-26(6-12-31-20-23)8-14-33-22-24(2)21-32-13-7-25/h1-22H2. The molecule has 33 heavy (non-hydrogen) atoms. The first-order chi connectivity index (χ1) is 16.2. The predicted octanol–water partition coefficient (Wildman–Crippen LogP) is 0.846. The Labute approximate surface area is 199 Å². The predicted molar refractivity (Wildman–Crippen MR) is 127 cm³/mol. The Morgan fingerprint density at radius 3 is 0.909 bits per heavy atom. The van der Waals surface area contributed by atoms with E-state index < -0.39 is 0 Å². The highest BCUT2D eigenvalue weighted by Crippen LogP contribution is 2.00. The van der Waals surface area contributed by atoms with Crippen LogP contribution in [0.5, 0.6) is 0 Å². The molecule has 0 N–H and O–H groups in total. The molecule has 0 aromatic heterocycles. The topological polar surface area (TPSA) is 71.1 Å². The van der Waals surface area contributed by atoms with Crippen LogP contribution in [0, 0.1) is 0 Å². The lowest BCUT2D eigenvalue weighted by molar-refractivity contribution is 0.00000525. The van der Waals surface area contributed by atoms with Gasteiger partial charge in [-0.2, -0.15) is 0 Å². The number of nitrogens with zero attached hydrogens (tertiary/aromatic N) is 2. The van der Waals surface area contributed by atoms with Crippen LogP contribution in [0.1, 0.15) is 0 Å². The molecule has 3 fully saturated rings. The van der Waals surface area contributed by atoms with Crippen LogP contribution >= 0.6 is 0 Å². The zero-order valence-electron chi connectivity index (χ0n) is 20.3. The Morgan fingerprint density at radius 2 is 0.606 bits per heavy atom. The summed E-state index contributed by atoms with van der Waals surface area (Å²) in [5.41, 5.74) is 1.89. The third-order valence-corrected chi connectivity index (χ3v) is 5.28. The summed E-state index contributed by atoms with van der Waals surface area (Å²) in [5.74, 6) is 0. The van der Waals surface area contributed by atoms with E-state index in [0.29, 0.717) is 92.5 Å². The molecule has 3 heterocycles. The zero-order valence-corrected chi connectivity index (χ0v) is 20.3. The Hall–Kier alpha value is -0.880. The molecule has 0 amide bonds. The average Bonchev–Trinajstić information content (AvgIpc) is 2.80. The van der Waals surface area contributed by atoms with Gasteiger partial charge in [0.05, 0.1) is 92.5 Å². The number of rotatable bonds is 0. The summed E-state index contributed by atoms with van der Waals surface area (Å²) in [7, 11) is 0. The maximum atomic E-state index is 5.82. The molecular formula is C24H44N2O7. The molecule has 3 rings (SSSR count). The highest BCUT2D eigenvalue weighted by atomic mass is 16.5. The van der Waals surface area contributed by atoms with E-state index in [9.17, 15) is 0 Å². The van der Waals surface area contributed by atoms with Gasteiger partial charge in [0.2, 0.25) is 0 Å². The van der Waals surface area contributed by atoms with Crippen molar-refractivity contribution in [2.75, 3.05) is 132 Å². The second kappa shape index (κ2) is 19.4. The number of fused-ring (bicyclic) bond motifs is 26. The second-order valence-electron chi connectivity index (χ2n) is 8.23. The monoisotopic (exact) mass is 472 g/mol. The Balaban J connectivity index is 1.95. The van der Waals surface area contributed by atoms with Crippen LogP contribution in [-0.4, -0.2) is 142 Å². The van der Waals surface area contributed by atoms with Crippen LogP contribution in [0.3, 0.4) is 0 Å². The van der Waals surface area contributed by atoms with E-state index in [0.717, 1.165) is 50.4 Å². The first-order valence-corrected chi connectivity index (χ1v) is 12.1. The molecule has 0 aromatic carbocycles. The first-order valence-electron chi connectivity index (χ1n) is 12.1. The SMILES string of the molecule is C=C1COCCN2CCOCCOCCOCCN(CCOC1)CCOCC(=C)COCC2. The van der Waals surface area contributed by atoms with Gasteiger partial charge in [-0.15, -0.1) is 0 Å². The van der Waals surface area contributed by atoms with Gasteiger partial charge < -0.3 is 33.2 Å². The van der Waals surface area contributed by atoms with Crippen molar-refractivity contribution in [2.45, 2.75) is 0 Å². The van der Waals surface area contributed by atoms with Crippen LogP contribution in [-0.2, 0) is 33.2 Å².